The fourth-order valence-electron chi connectivity index (χ4n) is 1.08. The lowest BCUT2D eigenvalue weighted by atomic mass is 10.5. The highest BCUT2D eigenvalue weighted by atomic mass is 79.9. The van der Waals surface area contributed by atoms with Crippen LogP contribution in [0.4, 0.5) is 5.88 Å². The number of hydrazone groups is 1. The van der Waals surface area contributed by atoms with Crippen LogP contribution in [-0.4, -0.2) is 42.3 Å². The molecule has 106 valence electrons. The fourth-order valence-corrected chi connectivity index (χ4v) is 1.08. The largest absolute Gasteiger partial charge is 1.00 e. The molecule has 0 radical (unpaired) electrons. The second-order valence-electron chi connectivity index (χ2n) is 4.16. The van der Waals surface area contributed by atoms with E-state index >= 15 is 0 Å². The zero-order valence-corrected chi connectivity index (χ0v) is 12.0. The molecule has 0 bridgehead atoms. The van der Waals surface area contributed by atoms with Gasteiger partial charge in [0.05, 0.1) is 26.4 Å². The molecule has 1 rings (SSSR count). The molecule has 3 N–H and O–H groups in total. The molecule has 0 spiro atoms. The number of nitro groups is 1. The normalized spacial score (nSPS) is 11.1. The zero-order chi connectivity index (χ0) is 13.8. The van der Waals surface area contributed by atoms with E-state index in [1.165, 1.54) is 18.3 Å². The Balaban J connectivity index is 0.00000324. The maximum atomic E-state index is 11.3. The first kappa shape index (κ1) is 17.2. The second-order valence-corrected chi connectivity index (χ2v) is 4.16. The summed E-state index contributed by atoms with van der Waals surface area (Å²) >= 11 is 0. The van der Waals surface area contributed by atoms with Crippen LogP contribution >= 0.6 is 0 Å². The van der Waals surface area contributed by atoms with Crippen LogP contribution in [0.3, 0.4) is 0 Å². The van der Waals surface area contributed by atoms with E-state index in [2.05, 4.69) is 10.5 Å². The van der Waals surface area contributed by atoms with Gasteiger partial charge < -0.3 is 21.4 Å². The molecule has 19 heavy (non-hydrogen) atoms. The van der Waals surface area contributed by atoms with E-state index < -0.39 is 4.92 Å². The molecule has 0 saturated heterocycles. The molecule has 0 saturated carbocycles. The third-order valence-corrected chi connectivity index (χ3v) is 1.72. The number of carbonyl (C=O) groups is 1. The predicted octanol–water partition coefficient (Wildman–Crippen LogP) is -3.41. The van der Waals surface area contributed by atoms with Crippen LogP contribution in [0, 0.1) is 10.1 Å². The summed E-state index contributed by atoms with van der Waals surface area (Å²) in [6, 6.07) is 2.57. The van der Waals surface area contributed by atoms with E-state index in [0.717, 1.165) is 0 Å². The number of rotatable bonds is 5. The molecular weight excluding hydrogens is 322 g/mol. The number of nitrogens with one attached hydrogen (secondary N) is 1. The number of furan rings is 1. The first-order valence-corrected chi connectivity index (χ1v) is 4.95. The van der Waals surface area contributed by atoms with E-state index in [0.29, 0.717) is 0 Å². The molecule has 0 aliphatic heterocycles. The number of quaternary nitrogens is 1. The fraction of sp³-hybridized carbons (Fsp3) is 0.333. The molecule has 1 heterocycles. The van der Waals surface area contributed by atoms with Crippen LogP contribution in [0.1, 0.15) is 5.76 Å². The molecule has 0 fully saturated rings. The number of carbonyl (C=O) groups excluding carboxylic acids is 1. The van der Waals surface area contributed by atoms with E-state index in [1.807, 2.05) is 0 Å². The van der Waals surface area contributed by atoms with Crippen LogP contribution < -0.4 is 28.2 Å². The van der Waals surface area contributed by atoms with Crippen LogP contribution in [0.2, 0.25) is 0 Å². The molecule has 0 aliphatic carbocycles. The Morgan fingerprint density at radius 1 is 1.63 bits per heavy atom. The average Bonchev–Trinajstić information content (AvgIpc) is 2.63. The molecule has 1 amide bonds. The number of halogens is 1. The molecule has 1 aromatic heterocycles. The van der Waals surface area contributed by atoms with Gasteiger partial charge in [0.15, 0.2) is 12.3 Å². The average molecular weight is 336 g/mol. The van der Waals surface area contributed by atoms with Gasteiger partial charge in [-0.15, -0.1) is 0 Å². The molecule has 0 aliphatic rings. The summed E-state index contributed by atoms with van der Waals surface area (Å²) in [5, 5.41) is 13.9. The first-order chi connectivity index (χ1) is 8.28. The number of nitrogens with two attached hydrogens (primary N) is 1. The van der Waals surface area contributed by atoms with Crippen molar-refractivity contribution in [1.29, 1.82) is 0 Å². The van der Waals surface area contributed by atoms with Crippen molar-refractivity contribution in [2.75, 3.05) is 20.6 Å². The van der Waals surface area contributed by atoms with Crippen molar-refractivity contribution in [3.63, 3.8) is 0 Å². The summed E-state index contributed by atoms with van der Waals surface area (Å²) in [6.45, 7) is 0.0512. The van der Waals surface area contributed by atoms with Gasteiger partial charge in [-0.05, 0) is 6.07 Å². The Morgan fingerprint density at radius 2 is 2.26 bits per heavy atom. The third kappa shape index (κ3) is 6.64. The van der Waals surface area contributed by atoms with Gasteiger partial charge in [0.1, 0.15) is 4.92 Å². The first-order valence-electron chi connectivity index (χ1n) is 4.95. The third-order valence-electron chi connectivity index (χ3n) is 1.72. The van der Waals surface area contributed by atoms with E-state index in [-0.39, 0.29) is 45.7 Å². The Hall–Kier alpha value is -1.78. The minimum Gasteiger partial charge on any atom is -1.00 e. The lowest BCUT2D eigenvalue weighted by Gasteiger charge is -2.20. The summed E-state index contributed by atoms with van der Waals surface area (Å²) in [5.41, 5.74) is 2.23. The highest BCUT2D eigenvalue weighted by Gasteiger charge is 2.14. The van der Waals surface area contributed by atoms with Crippen LogP contribution in [-0.2, 0) is 4.79 Å². The summed E-state index contributed by atoms with van der Waals surface area (Å²) in [4.78, 5) is 21.0. The van der Waals surface area contributed by atoms with Gasteiger partial charge in [0, 0.05) is 0 Å². The van der Waals surface area contributed by atoms with Crippen molar-refractivity contribution in [2.24, 2.45) is 10.9 Å². The SMILES string of the molecule is C[N+](C)(N)CC(=O)N/N=C/c1ccc([N+](=O)[O-])o1.[Br-]. The summed E-state index contributed by atoms with van der Waals surface area (Å²) < 4.78 is 4.78. The Kier molecular flexibility index (Phi) is 6.32. The van der Waals surface area contributed by atoms with E-state index in [4.69, 9.17) is 10.3 Å². The molecule has 10 heteroatoms. The molecule has 9 nitrogen and oxygen atoms in total. The van der Waals surface area contributed by atoms with Gasteiger partial charge in [-0.1, -0.05) is 0 Å². The summed E-state index contributed by atoms with van der Waals surface area (Å²) in [5.74, 6) is 5.00. The predicted molar refractivity (Wildman–Crippen MR) is 62.3 cm³/mol. The van der Waals surface area contributed by atoms with E-state index in [9.17, 15) is 14.9 Å². The lowest BCUT2D eigenvalue weighted by Crippen LogP contribution is -3.00. The molecule has 0 aromatic carbocycles. The second kappa shape index (κ2) is 6.97. The topological polar surface area (TPSA) is 124 Å². The number of nitrogens with zero attached hydrogens (tertiary/aromatic N) is 3. The Labute approximate surface area is 119 Å². The monoisotopic (exact) mass is 335 g/mol. The van der Waals surface area contributed by atoms with Crippen LogP contribution in [0.15, 0.2) is 21.7 Å². The standard InChI is InChI=1S/C9H13N5O4.BrH/c1-14(2,10)6-8(15)12-11-5-7-3-4-9(18-7)13(16)17;/h3-5H,6,10H2,1-2H3;1H/b11-5+;. The molecule has 0 atom stereocenters. The minimum absolute atomic E-state index is 0. The molecule has 1 aromatic rings. The summed E-state index contributed by atoms with van der Waals surface area (Å²) in [6.07, 6.45) is 1.17. The van der Waals surface area contributed by atoms with Gasteiger partial charge >= 0.3 is 5.88 Å². The highest BCUT2D eigenvalue weighted by Crippen LogP contribution is 2.13. The van der Waals surface area contributed by atoms with Gasteiger partial charge in [0.2, 0.25) is 0 Å². The van der Waals surface area contributed by atoms with Gasteiger partial charge in [-0.3, -0.25) is 14.9 Å². The highest BCUT2D eigenvalue weighted by molar-refractivity contribution is 5.81. The van der Waals surface area contributed by atoms with Crippen molar-refractivity contribution in [2.45, 2.75) is 0 Å². The Morgan fingerprint density at radius 3 is 2.74 bits per heavy atom. The zero-order valence-electron chi connectivity index (χ0n) is 10.4. The van der Waals surface area contributed by atoms with Crippen molar-refractivity contribution in [1.82, 2.24) is 5.43 Å². The Bertz CT molecular complexity index is 479. The molecular formula is C9H14BrN5O4. The smallest absolute Gasteiger partial charge is 0.433 e. The van der Waals surface area contributed by atoms with Gasteiger partial charge in [-0.2, -0.15) is 10.9 Å². The number of likely N-dealkylation sites (N-methyl/N-ethyl adjacent to an activating group) is 1. The number of amides is 1. The van der Waals surface area contributed by atoms with Crippen molar-refractivity contribution in [3.8, 4) is 0 Å². The van der Waals surface area contributed by atoms with Crippen molar-refractivity contribution < 1.29 is 35.7 Å². The van der Waals surface area contributed by atoms with Crippen molar-refractivity contribution >= 4 is 18.0 Å². The van der Waals surface area contributed by atoms with Crippen LogP contribution in [0.25, 0.3) is 0 Å². The number of hydrogen-bond donors (Lipinski definition) is 2. The van der Waals surface area contributed by atoms with Gasteiger partial charge in [0.25, 0.3) is 5.91 Å². The number of hydrogen-bond acceptors (Lipinski definition) is 6. The summed E-state index contributed by atoms with van der Waals surface area (Å²) in [7, 11) is 3.30. The molecule has 0 unspecified atom stereocenters. The minimum atomic E-state index is -0.662. The van der Waals surface area contributed by atoms with Gasteiger partial charge in [-0.25, -0.2) is 10.0 Å². The maximum Gasteiger partial charge on any atom is 0.433 e. The van der Waals surface area contributed by atoms with E-state index in [1.54, 1.807) is 14.1 Å². The van der Waals surface area contributed by atoms with Crippen LogP contribution in [0.5, 0.6) is 0 Å². The maximum absolute atomic E-state index is 11.3. The van der Waals surface area contributed by atoms with Crippen molar-refractivity contribution in [3.05, 3.63) is 28.0 Å². The lowest BCUT2D eigenvalue weighted by molar-refractivity contribution is -0.894. The quantitative estimate of drug-likeness (QED) is 0.191.